The van der Waals surface area contributed by atoms with Gasteiger partial charge in [-0.25, -0.2) is 4.68 Å². The Labute approximate surface area is 130 Å². The molecule has 0 fully saturated rings. The third kappa shape index (κ3) is 3.81. The molecule has 1 amide bonds. The fourth-order valence-electron chi connectivity index (χ4n) is 2.17. The van der Waals surface area contributed by atoms with Crippen molar-refractivity contribution in [3.8, 4) is 0 Å². The fraction of sp³-hybridized carbons (Fsp3) is 0.353. The lowest BCUT2D eigenvalue weighted by atomic mass is 10.1. The molecule has 0 spiro atoms. The van der Waals surface area contributed by atoms with E-state index in [-0.39, 0.29) is 17.2 Å². The molecule has 22 heavy (non-hydrogen) atoms. The summed E-state index contributed by atoms with van der Waals surface area (Å²) in [6.45, 7) is 4.61. The van der Waals surface area contributed by atoms with Crippen molar-refractivity contribution in [2.24, 2.45) is 0 Å². The Kier molecular flexibility index (Phi) is 5.47. The number of amides is 1. The van der Waals surface area contributed by atoms with E-state index < -0.39 is 0 Å². The molecule has 116 valence electrons. The minimum Gasteiger partial charge on any atom is -0.320 e. The minimum atomic E-state index is -0.300. The number of hydrogen-bond acceptors (Lipinski definition) is 3. The van der Waals surface area contributed by atoms with Gasteiger partial charge in [0.1, 0.15) is 5.69 Å². The van der Waals surface area contributed by atoms with Gasteiger partial charge < -0.3 is 5.32 Å². The van der Waals surface area contributed by atoms with Gasteiger partial charge in [-0.15, -0.1) is 0 Å². The first kappa shape index (κ1) is 15.9. The second-order valence-electron chi connectivity index (χ2n) is 5.10. The van der Waals surface area contributed by atoms with Gasteiger partial charge in [0.2, 0.25) is 0 Å². The number of rotatable bonds is 6. The third-order valence-corrected chi connectivity index (χ3v) is 3.47. The molecule has 0 saturated heterocycles. The summed E-state index contributed by atoms with van der Waals surface area (Å²) in [5, 5.41) is 7.02. The molecule has 5 nitrogen and oxygen atoms in total. The molecule has 0 atom stereocenters. The Morgan fingerprint density at radius 1 is 1.18 bits per heavy atom. The van der Waals surface area contributed by atoms with Gasteiger partial charge in [-0.2, -0.15) is 5.10 Å². The van der Waals surface area contributed by atoms with Gasteiger partial charge >= 0.3 is 0 Å². The molecule has 1 heterocycles. The molecule has 0 unspecified atom stereocenters. The van der Waals surface area contributed by atoms with Crippen LogP contribution >= 0.6 is 0 Å². The van der Waals surface area contributed by atoms with E-state index in [4.69, 9.17) is 0 Å². The maximum absolute atomic E-state index is 12.3. The number of hydrogen-bond donors (Lipinski definition) is 1. The third-order valence-electron chi connectivity index (χ3n) is 3.47. The molecule has 0 radical (unpaired) electrons. The molecular weight excluding hydrogens is 278 g/mol. The summed E-state index contributed by atoms with van der Waals surface area (Å²) in [6, 6.07) is 10.5. The van der Waals surface area contributed by atoms with E-state index in [1.54, 1.807) is 0 Å². The number of para-hydroxylation sites is 1. The fourth-order valence-corrected chi connectivity index (χ4v) is 2.17. The average molecular weight is 299 g/mol. The lowest BCUT2D eigenvalue weighted by Gasteiger charge is -2.10. The zero-order chi connectivity index (χ0) is 15.9. The van der Waals surface area contributed by atoms with Crippen LogP contribution in [-0.2, 0) is 13.0 Å². The second kappa shape index (κ2) is 7.54. The number of nitrogens with one attached hydrogen (secondary N) is 1. The molecule has 0 bridgehead atoms. The highest BCUT2D eigenvalue weighted by Gasteiger charge is 2.11. The first-order valence-electron chi connectivity index (χ1n) is 7.63. The smallest absolute Gasteiger partial charge is 0.276 e. The van der Waals surface area contributed by atoms with Gasteiger partial charge in [0.05, 0.1) is 0 Å². The minimum absolute atomic E-state index is 0.182. The van der Waals surface area contributed by atoms with E-state index in [0.29, 0.717) is 6.54 Å². The van der Waals surface area contributed by atoms with Crippen molar-refractivity contribution in [3.05, 3.63) is 58.0 Å². The summed E-state index contributed by atoms with van der Waals surface area (Å²) in [5.41, 5.74) is 1.92. The van der Waals surface area contributed by atoms with Crippen LogP contribution in [0, 0.1) is 0 Å². The number of aromatic nitrogens is 2. The van der Waals surface area contributed by atoms with E-state index in [9.17, 15) is 9.59 Å². The van der Waals surface area contributed by atoms with Crippen LogP contribution in [0.5, 0.6) is 0 Å². The number of carbonyl (C=O) groups excluding carboxylic acids is 1. The lowest BCUT2D eigenvalue weighted by molar-refractivity contribution is 0.101. The van der Waals surface area contributed by atoms with E-state index in [0.717, 1.165) is 30.5 Å². The van der Waals surface area contributed by atoms with Crippen LogP contribution < -0.4 is 10.9 Å². The van der Waals surface area contributed by atoms with E-state index >= 15 is 0 Å². The van der Waals surface area contributed by atoms with Crippen molar-refractivity contribution in [1.29, 1.82) is 0 Å². The summed E-state index contributed by atoms with van der Waals surface area (Å²) in [7, 11) is 0. The predicted octanol–water partition coefficient (Wildman–Crippen LogP) is 2.86. The Bertz CT molecular complexity index is 707. The molecule has 2 aromatic rings. The van der Waals surface area contributed by atoms with Crippen molar-refractivity contribution in [3.63, 3.8) is 0 Å². The van der Waals surface area contributed by atoms with Crippen molar-refractivity contribution in [2.75, 3.05) is 5.32 Å². The number of carbonyl (C=O) groups is 1. The molecule has 0 aliphatic rings. The first-order chi connectivity index (χ1) is 10.7. The summed E-state index contributed by atoms with van der Waals surface area (Å²) >= 11 is 0. The van der Waals surface area contributed by atoms with Crippen molar-refractivity contribution < 1.29 is 4.79 Å². The number of anilines is 1. The Hall–Kier alpha value is -2.43. The highest BCUT2D eigenvalue weighted by Crippen LogP contribution is 2.16. The van der Waals surface area contributed by atoms with Crippen LogP contribution in [0.3, 0.4) is 0 Å². The zero-order valence-electron chi connectivity index (χ0n) is 13.0. The van der Waals surface area contributed by atoms with E-state index in [2.05, 4.69) is 10.4 Å². The highest BCUT2D eigenvalue weighted by atomic mass is 16.2. The normalized spacial score (nSPS) is 10.5. The largest absolute Gasteiger partial charge is 0.320 e. The van der Waals surface area contributed by atoms with Crippen LogP contribution in [-0.4, -0.2) is 15.7 Å². The van der Waals surface area contributed by atoms with Crippen LogP contribution in [0.25, 0.3) is 0 Å². The number of unbranched alkanes of at least 4 members (excludes halogenated alkanes) is 1. The van der Waals surface area contributed by atoms with Crippen LogP contribution in [0.4, 0.5) is 5.69 Å². The monoisotopic (exact) mass is 299 g/mol. The number of benzene rings is 1. The summed E-state index contributed by atoms with van der Waals surface area (Å²) in [6.07, 6.45) is 2.66. The predicted molar refractivity (Wildman–Crippen MR) is 87.2 cm³/mol. The zero-order valence-corrected chi connectivity index (χ0v) is 13.0. The van der Waals surface area contributed by atoms with Crippen LogP contribution in [0.1, 0.15) is 42.7 Å². The SMILES string of the molecule is CCCCn1nc(C(=O)Nc2ccccc2CC)ccc1=O. The van der Waals surface area contributed by atoms with Crippen LogP contribution in [0.15, 0.2) is 41.2 Å². The molecule has 1 aromatic heterocycles. The Morgan fingerprint density at radius 2 is 1.95 bits per heavy atom. The van der Waals surface area contributed by atoms with Gasteiger partial charge in [0.25, 0.3) is 11.5 Å². The van der Waals surface area contributed by atoms with Gasteiger partial charge in [-0.1, -0.05) is 38.5 Å². The summed E-state index contributed by atoms with van der Waals surface area (Å²) < 4.78 is 1.35. The van der Waals surface area contributed by atoms with Crippen molar-refractivity contribution >= 4 is 11.6 Å². The standard InChI is InChI=1S/C17H21N3O2/c1-3-5-12-20-16(21)11-10-15(19-20)17(22)18-14-9-7-6-8-13(14)4-2/h6-11H,3-5,12H2,1-2H3,(H,18,22). The molecular formula is C17H21N3O2. The first-order valence-corrected chi connectivity index (χ1v) is 7.63. The van der Waals surface area contributed by atoms with Gasteiger partial charge in [-0.3, -0.25) is 9.59 Å². The number of aryl methyl sites for hydroxylation is 2. The molecule has 0 aliphatic carbocycles. The quantitative estimate of drug-likeness (QED) is 0.892. The van der Waals surface area contributed by atoms with Crippen molar-refractivity contribution in [2.45, 2.75) is 39.7 Å². The number of nitrogens with zero attached hydrogens (tertiary/aromatic N) is 2. The summed E-state index contributed by atoms with van der Waals surface area (Å²) in [4.78, 5) is 24.1. The van der Waals surface area contributed by atoms with Gasteiger partial charge in [0.15, 0.2) is 0 Å². The molecule has 0 saturated carbocycles. The van der Waals surface area contributed by atoms with E-state index in [1.165, 1.54) is 16.8 Å². The van der Waals surface area contributed by atoms with Gasteiger partial charge in [-0.05, 0) is 30.5 Å². The van der Waals surface area contributed by atoms with Crippen molar-refractivity contribution in [1.82, 2.24) is 9.78 Å². The van der Waals surface area contributed by atoms with Gasteiger partial charge in [0, 0.05) is 18.3 Å². The molecule has 1 aromatic carbocycles. The lowest BCUT2D eigenvalue weighted by Crippen LogP contribution is -2.26. The molecule has 2 rings (SSSR count). The summed E-state index contributed by atoms with van der Waals surface area (Å²) in [5.74, 6) is -0.300. The second-order valence-corrected chi connectivity index (χ2v) is 5.10. The highest BCUT2D eigenvalue weighted by molar-refractivity contribution is 6.03. The van der Waals surface area contributed by atoms with E-state index in [1.807, 2.05) is 38.1 Å². The maximum atomic E-state index is 12.3. The topological polar surface area (TPSA) is 64.0 Å². The molecule has 1 N–H and O–H groups in total. The Balaban J connectivity index is 2.20. The molecule has 5 heteroatoms. The Morgan fingerprint density at radius 3 is 2.68 bits per heavy atom. The maximum Gasteiger partial charge on any atom is 0.276 e. The average Bonchev–Trinajstić information content (AvgIpc) is 2.54. The molecule has 0 aliphatic heterocycles. The van der Waals surface area contributed by atoms with Crippen LogP contribution in [0.2, 0.25) is 0 Å².